The monoisotopic (exact) mass is 781 g/mol. The van der Waals surface area contributed by atoms with Gasteiger partial charge in [-0.25, -0.2) is 0 Å². The maximum absolute atomic E-state index is 12.7. The summed E-state index contributed by atoms with van der Waals surface area (Å²) in [5, 5.41) is 0. The molecule has 0 saturated heterocycles. The Kier molecular flexibility index (Phi) is 44.5. The van der Waals surface area contributed by atoms with Gasteiger partial charge in [0.25, 0.3) is 0 Å². The number of allylic oxidation sites excluding steroid dienone is 12. The minimum absolute atomic E-state index is 0.0637. The lowest BCUT2D eigenvalue weighted by Crippen LogP contribution is -2.30. The van der Waals surface area contributed by atoms with Gasteiger partial charge in [0.2, 0.25) is 0 Å². The predicted octanol–water partition coefficient (Wildman–Crippen LogP) is 15.6. The highest BCUT2D eigenvalue weighted by Gasteiger charge is 2.17. The van der Waals surface area contributed by atoms with Gasteiger partial charge in [-0.2, -0.15) is 0 Å². The molecule has 5 nitrogen and oxygen atoms in total. The molecule has 0 rings (SSSR count). The van der Waals surface area contributed by atoms with Crippen molar-refractivity contribution >= 4 is 11.9 Å². The summed E-state index contributed by atoms with van der Waals surface area (Å²) in [7, 11) is 0. The van der Waals surface area contributed by atoms with E-state index in [1.807, 2.05) is 0 Å². The smallest absolute Gasteiger partial charge is 0.306 e. The first-order valence-electron chi connectivity index (χ1n) is 23.5. The Balaban J connectivity index is 4.26. The van der Waals surface area contributed by atoms with Crippen molar-refractivity contribution in [1.29, 1.82) is 0 Å². The van der Waals surface area contributed by atoms with Crippen molar-refractivity contribution in [2.24, 2.45) is 0 Å². The Labute approximate surface area is 347 Å². The van der Waals surface area contributed by atoms with Gasteiger partial charge in [-0.3, -0.25) is 9.59 Å². The molecule has 0 aromatic carbocycles. The summed E-state index contributed by atoms with van der Waals surface area (Å²) in [6.07, 6.45) is 59.0. The van der Waals surface area contributed by atoms with Crippen molar-refractivity contribution in [1.82, 2.24) is 0 Å². The van der Waals surface area contributed by atoms with Crippen molar-refractivity contribution in [2.45, 2.75) is 219 Å². The van der Waals surface area contributed by atoms with Gasteiger partial charge in [0.1, 0.15) is 6.61 Å². The second-order valence-corrected chi connectivity index (χ2v) is 15.3. The van der Waals surface area contributed by atoms with E-state index in [-0.39, 0.29) is 25.2 Å². The number of hydrogen-bond acceptors (Lipinski definition) is 5. The molecule has 0 aliphatic carbocycles. The molecule has 1 atom stereocenters. The van der Waals surface area contributed by atoms with Crippen LogP contribution in [0.1, 0.15) is 213 Å². The molecule has 0 amide bonds. The fourth-order valence-corrected chi connectivity index (χ4v) is 6.24. The summed E-state index contributed by atoms with van der Waals surface area (Å²) >= 11 is 0. The van der Waals surface area contributed by atoms with Crippen LogP contribution in [-0.2, 0) is 23.8 Å². The number of unbranched alkanes of at least 4 members (excludes halogenated alkanes) is 19. The van der Waals surface area contributed by atoms with E-state index in [4.69, 9.17) is 14.2 Å². The fourth-order valence-electron chi connectivity index (χ4n) is 6.24. The first-order chi connectivity index (χ1) is 27.6. The summed E-state index contributed by atoms with van der Waals surface area (Å²) in [5.41, 5.74) is 0. The third-order valence-electron chi connectivity index (χ3n) is 9.73. The van der Waals surface area contributed by atoms with Crippen LogP contribution in [0.25, 0.3) is 0 Å². The normalized spacial score (nSPS) is 12.8. The van der Waals surface area contributed by atoms with Crippen LogP contribution < -0.4 is 0 Å². The Morgan fingerprint density at radius 3 is 1.34 bits per heavy atom. The van der Waals surface area contributed by atoms with Gasteiger partial charge < -0.3 is 14.2 Å². The molecule has 0 saturated carbocycles. The van der Waals surface area contributed by atoms with Gasteiger partial charge in [0.05, 0.1) is 6.61 Å². The zero-order chi connectivity index (χ0) is 40.7. The predicted molar refractivity (Wildman–Crippen MR) is 242 cm³/mol. The minimum atomic E-state index is -0.551. The largest absolute Gasteiger partial charge is 0.462 e. The van der Waals surface area contributed by atoms with E-state index < -0.39 is 6.10 Å². The summed E-state index contributed by atoms with van der Waals surface area (Å²) in [6, 6.07) is 0. The Morgan fingerprint density at radius 2 is 0.804 bits per heavy atom. The van der Waals surface area contributed by atoms with Gasteiger partial charge in [-0.15, -0.1) is 0 Å². The molecule has 0 aliphatic heterocycles. The average molecular weight is 781 g/mol. The molecule has 0 fully saturated rings. The summed E-state index contributed by atoms with van der Waals surface area (Å²) in [4.78, 5) is 25.2. The zero-order valence-corrected chi connectivity index (χ0v) is 36.9. The first-order valence-corrected chi connectivity index (χ1v) is 23.5. The molecule has 1 unspecified atom stereocenters. The molecule has 56 heavy (non-hydrogen) atoms. The van der Waals surface area contributed by atoms with Gasteiger partial charge >= 0.3 is 11.9 Å². The fraction of sp³-hybridized carbons (Fsp3) is 0.725. The van der Waals surface area contributed by atoms with E-state index >= 15 is 0 Å². The molecule has 0 bridgehead atoms. The van der Waals surface area contributed by atoms with Crippen LogP contribution in [0.15, 0.2) is 72.9 Å². The van der Waals surface area contributed by atoms with Crippen molar-refractivity contribution in [3.8, 4) is 0 Å². The van der Waals surface area contributed by atoms with Crippen molar-refractivity contribution in [2.75, 3.05) is 19.8 Å². The van der Waals surface area contributed by atoms with Gasteiger partial charge in [-0.1, -0.05) is 184 Å². The lowest BCUT2D eigenvalue weighted by molar-refractivity contribution is -0.163. The highest BCUT2D eigenvalue weighted by Crippen LogP contribution is 2.12. The van der Waals surface area contributed by atoms with Gasteiger partial charge in [0, 0.05) is 19.4 Å². The van der Waals surface area contributed by atoms with E-state index in [1.54, 1.807) is 0 Å². The molecular formula is C51H88O5. The van der Waals surface area contributed by atoms with Crippen LogP contribution in [0.2, 0.25) is 0 Å². The van der Waals surface area contributed by atoms with Crippen molar-refractivity contribution in [3.63, 3.8) is 0 Å². The average Bonchev–Trinajstić information content (AvgIpc) is 3.20. The number of carbonyl (C=O) groups is 2. The Hall–Kier alpha value is -2.66. The summed E-state index contributed by atoms with van der Waals surface area (Å²) in [6.45, 7) is 7.64. The van der Waals surface area contributed by atoms with E-state index in [1.165, 1.54) is 83.5 Å². The second kappa shape index (κ2) is 46.7. The minimum Gasteiger partial charge on any atom is -0.462 e. The number of esters is 2. The molecule has 0 aromatic rings. The Bertz CT molecular complexity index is 1020. The van der Waals surface area contributed by atoms with Crippen LogP contribution in [0.5, 0.6) is 0 Å². The molecule has 0 heterocycles. The number of ether oxygens (including phenoxy) is 3. The second-order valence-electron chi connectivity index (χ2n) is 15.3. The number of hydrogen-bond donors (Lipinski definition) is 0. The summed E-state index contributed by atoms with van der Waals surface area (Å²) < 4.78 is 17.2. The van der Waals surface area contributed by atoms with Crippen LogP contribution in [0.4, 0.5) is 0 Å². The van der Waals surface area contributed by atoms with Gasteiger partial charge in [0.15, 0.2) is 6.10 Å². The highest BCUT2D eigenvalue weighted by atomic mass is 16.6. The standard InChI is InChI=1S/C51H88O5/c1-4-7-10-13-16-19-21-23-24-25-26-27-28-30-31-33-35-38-41-44-50(52)55-48-49(47-54-46-43-40-37-18-15-12-9-6-3)56-51(53)45-42-39-36-34-32-29-22-20-17-14-11-8-5-2/h7,10,16,19-20,22-24,26-27,30-31,49H,4-6,8-9,11-15,17-18,21,25,28-29,32-48H2,1-3H3/b10-7-,19-16-,22-20-,24-23-,27-26-,31-30-. The molecule has 5 heteroatoms. The van der Waals surface area contributed by atoms with E-state index in [0.717, 1.165) is 96.3 Å². The van der Waals surface area contributed by atoms with E-state index in [0.29, 0.717) is 19.4 Å². The SMILES string of the molecule is CC/C=C\C/C=C\C/C=C\C/C=C\C/C=C\CCCCCC(=O)OCC(COCCCCCCCCCC)OC(=O)CCCCCCC/C=C\CCCCCC. The molecule has 0 spiro atoms. The maximum atomic E-state index is 12.7. The highest BCUT2D eigenvalue weighted by molar-refractivity contribution is 5.70. The molecule has 0 radical (unpaired) electrons. The van der Waals surface area contributed by atoms with Crippen LogP contribution in [0, 0.1) is 0 Å². The van der Waals surface area contributed by atoms with Gasteiger partial charge in [-0.05, 0) is 89.9 Å². The van der Waals surface area contributed by atoms with E-state index in [2.05, 4.69) is 93.7 Å². The third-order valence-corrected chi connectivity index (χ3v) is 9.73. The zero-order valence-electron chi connectivity index (χ0n) is 36.9. The maximum Gasteiger partial charge on any atom is 0.306 e. The van der Waals surface area contributed by atoms with Crippen LogP contribution in [-0.4, -0.2) is 37.9 Å². The quantitative estimate of drug-likeness (QED) is 0.0351. The molecule has 0 aromatic heterocycles. The lowest BCUT2D eigenvalue weighted by Gasteiger charge is -2.18. The van der Waals surface area contributed by atoms with Crippen LogP contribution in [0.3, 0.4) is 0 Å². The first kappa shape index (κ1) is 53.3. The summed E-state index contributed by atoms with van der Waals surface area (Å²) in [5.74, 6) is -0.446. The van der Waals surface area contributed by atoms with Crippen molar-refractivity contribution < 1.29 is 23.8 Å². The molecular weight excluding hydrogens is 693 g/mol. The molecule has 322 valence electrons. The lowest BCUT2D eigenvalue weighted by atomic mass is 10.1. The Morgan fingerprint density at radius 1 is 0.411 bits per heavy atom. The third kappa shape index (κ3) is 44.1. The molecule has 0 aliphatic rings. The van der Waals surface area contributed by atoms with E-state index in [9.17, 15) is 9.59 Å². The van der Waals surface area contributed by atoms with Crippen LogP contribution >= 0.6 is 0 Å². The van der Waals surface area contributed by atoms with Crippen molar-refractivity contribution in [3.05, 3.63) is 72.9 Å². The number of carbonyl (C=O) groups excluding carboxylic acids is 2. The topological polar surface area (TPSA) is 61.8 Å². The number of rotatable bonds is 42. The molecule has 0 N–H and O–H groups in total.